The molecule has 1 unspecified atom stereocenters. The summed E-state index contributed by atoms with van der Waals surface area (Å²) < 4.78 is 5.56. The highest BCUT2D eigenvalue weighted by atomic mass is 16.5. The van der Waals surface area contributed by atoms with Crippen molar-refractivity contribution in [1.29, 1.82) is 0 Å². The van der Waals surface area contributed by atoms with Crippen LogP contribution in [0.1, 0.15) is 96.0 Å². The molecule has 0 bridgehead atoms. The van der Waals surface area contributed by atoms with Gasteiger partial charge in [0.1, 0.15) is 5.75 Å². The molecule has 1 rings (SSSR count). The van der Waals surface area contributed by atoms with Gasteiger partial charge in [-0.25, -0.2) is 0 Å². The normalized spacial score (nSPS) is 12.3. The molecule has 2 heteroatoms. The second kappa shape index (κ2) is 12.5. The molecule has 22 heavy (non-hydrogen) atoms. The fraction of sp³-hybridized carbons (Fsp3) is 0.750. The first kappa shape index (κ1) is 19.0. The third kappa shape index (κ3) is 7.29. The third-order valence-corrected chi connectivity index (χ3v) is 4.53. The molecule has 0 amide bonds. The lowest BCUT2D eigenvalue weighted by molar-refractivity contribution is 0.396. The molecular formula is C20H35NO. The number of pyridine rings is 1. The van der Waals surface area contributed by atoms with E-state index in [2.05, 4.69) is 18.8 Å². The summed E-state index contributed by atoms with van der Waals surface area (Å²) in [5.74, 6) is 1.63. The SMILES string of the molecule is CCCCCCCC(CCCCCC)c1cnccc1OC. The lowest BCUT2D eigenvalue weighted by atomic mass is 9.88. The number of hydrogen-bond donors (Lipinski definition) is 0. The molecule has 1 aromatic heterocycles. The molecule has 0 N–H and O–H groups in total. The quantitative estimate of drug-likeness (QED) is 0.388. The largest absolute Gasteiger partial charge is 0.496 e. The summed E-state index contributed by atoms with van der Waals surface area (Å²) in [4.78, 5) is 4.34. The van der Waals surface area contributed by atoms with E-state index in [1.54, 1.807) is 7.11 Å². The highest BCUT2D eigenvalue weighted by molar-refractivity contribution is 5.33. The Morgan fingerprint density at radius 2 is 1.50 bits per heavy atom. The molecule has 0 aliphatic rings. The van der Waals surface area contributed by atoms with Crippen molar-refractivity contribution in [1.82, 2.24) is 4.98 Å². The number of rotatable bonds is 13. The highest BCUT2D eigenvalue weighted by Crippen LogP contribution is 2.33. The van der Waals surface area contributed by atoms with E-state index in [0.29, 0.717) is 5.92 Å². The van der Waals surface area contributed by atoms with Crippen LogP contribution in [0.2, 0.25) is 0 Å². The second-order valence-corrected chi connectivity index (χ2v) is 6.37. The summed E-state index contributed by atoms with van der Waals surface area (Å²) in [6, 6.07) is 2.01. The van der Waals surface area contributed by atoms with E-state index in [1.165, 1.54) is 76.2 Å². The minimum Gasteiger partial charge on any atom is -0.496 e. The standard InChI is InChI=1S/C20H35NO/c1-4-6-8-10-12-14-18(13-11-9-7-5-2)19-17-21-16-15-20(19)22-3/h15-18H,4-14H2,1-3H3. The first-order valence-corrected chi connectivity index (χ1v) is 9.31. The van der Waals surface area contributed by atoms with Gasteiger partial charge in [0.05, 0.1) is 7.11 Å². The number of methoxy groups -OCH3 is 1. The summed E-state index contributed by atoms with van der Waals surface area (Å²) in [5.41, 5.74) is 1.32. The molecule has 0 aliphatic carbocycles. The number of unbranched alkanes of at least 4 members (excludes halogenated alkanes) is 7. The fourth-order valence-corrected chi connectivity index (χ4v) is 3.15. The average molecular weight is 306 g/mol. The van der Waals surface area contributed by atoms with E-state index >= 15 is 0 Å². The minimum atomic E-state index is 0.613. The Morgan fingerprint density at radius 1 is 0.909 bits per heavy atom. The Kier molecular flexibility index (Phi) is 10.8. The Labute approximate surface area is 137 Å². The summed E-state index contributed by atoms with van der Waals surface area (Å²) in [6.07, 6.45) is 18.5. The maximum atomic E-state index is 5.56. The van der Waals surface area contributed by atoms with Crippen molar-refractivity contribution in [2.24, 2.45) is 0 Å². The van der Waals surface area contributed by atoms with Crippen LogP contribution < -0.4 is 4.74 Å². The zero-order chi connectivity index (χ0) is 16.0. The van der Waals surface area contributed by atoms with Gasteiger partial charge in [-0.05, 0) is 24.8 Å². The van der Waals surface area contributed by atoms with Gasteiger partial charge in [0.25, 0.3) is 0 Å². The third-order valence-electron chi connectivity index (χ3n) is 4.53. The van der Waals surface area contributed by atoms with Crippen molar-refractivity contribution >= 4 is 0 Å². The van der Waals surface area contributed by atoms with Gasteiger partial charge in [-0.2, -0.15) is 0 Å². The summed E-state index contributed by atoms with van der Waals surface area (Å²) in [7, 11) is 1.77. The zero-order valence-corrected chi connectivity index (χ0v) is 14.9. The van der Waals surface area contributed by atoms with Crippen molar-refractivity contribution in [2.75, 3.05) is 7.11 Å². The van der Waals surface area contributed by atoms with Gasteiger partial charge in [-0.3, -0.25) is 4.98 Å². The summed E-state index contributed by atoms with van der Waals surface area (Å²) in [6.45, 7) is 4.55. The Bertz CT molecular complexity index is 378. The van der Waals surface area contributed by atoms with Crippen LogP contribution in [0, 0.1) is 0 Å². The van der Waals surface area contributed by atoms with Crippen molar-refractivity contribution < 1.29 is 4.74 Å². The molecule has 0 aromatic carbocycles. The molecule has 0 saturated carbocycles. The Hall–Kier alpha value is -1.05. The van der Waals surface area contributed by atoms with Crippen molar-refractivity contribution in [3.63, 3.8) is 0 Å². The van der Waals surface area contributed by atoms with Crippen LogP contribution in [0.3, 0.4) is 0 Å². The molecule has 1 aromatic rings. The van der Waals surface area contributed by atoms with E-state index in [-0.39, 0.29) is 0 Å². The van der Waals surface area contributed by atoms with Gasteiger partial charge in [-0.15, -0.1) is 0 Å². The number of ether oxygens (including phenoxy) is 1. The first-order valence-electron chi connectivity index (χ1n) is 9.31. The van der Waals surface area contributed by atoms with E-state index in [0.717, 1.165) is 5.75 Å². The van der Waals surface area contributed by atoms with Crippen LogP contribution in [0.5, 0.6) is 5.75 Å². The maximum Gasteiger partial charge on any atom is 0.125 e. The van der Waals surface area contributed by atoms with Gasteiger partial charge in [0.2, 0.25) is 0 Å². The molecule has 0 spiro atoms. The molecular weight excluding hydrogens is 270 g/mol. The van der Waals surface area contributed by atoms with E-state index in [9.17, 15) is 0 Å². The summed E-state index contributed by atoms with van der Waals surface area (Å²) >= 11 is 0. The van der Waals surface area contributed by atoms with E-state index in [1.807, 2.05) is 18.5 Å². The molecule has 126 valence electrons. The first-order chi connectivity index (χ1) is 10.8. The van der Waals surface area contributed by atoms with Gasteiger partial charge in [-0.1, -0.05) is 71.6 Å². The Morgan fingerprint density at radius 3 is 2.09 bits per heavy atom. The number of nitrogens with zero attached hydrogens (tertiary/aromatic N) is 1. The summed E-state index contributed by atoms with van der Waals surface area (Å²) in [5, 5.41) is 0. The van der Waals surface area contributed by atoms with Gasteiger partial charge < -0.3 is 4.74 Å². The van der Waals surface area contributed by atoms with Crippen LogP contribution in [0.25, 0.3) is 0 Å². The molecule has 0 fully saturated rings. The average Bonchev–Trinajstić information content (AvgIpc) is 2.56. The number of aromatic nitrogens is 1. The maximum absolute atomic E-state index is 5.56. The minimum absolute atomic E-state index is 0.613. The lowest BCUT2D eigenvalue weighted by Crippen LogP contribution is -2.03. The van der Waals surface area contributed by atoms with E-state index in [4.69, 9.17) is 4.74 Å². The van der Waals surface area contributed by atoms with Crippen LogP contribution in [0.4, 0.5) is 0 Å². The molecule has 0 aliphatic heterocycles. The van der Waals surface area contributed by atoms with Crippen molar-refractivity contribution in [3.05, 3.63) is 24.0 Å². The van der Waals surface area contributed by atoms with Crippen LogP contribution >= 0.6 is 0 Å². The molecule has 1 heterocycles. The predicted octanol–water partition coefficient (Wildman–Crippen LogP) is 6.50. The molecule has 0 saturated heterocycles. The van der Waals surface area contributed by atoms with Gasteiger partial charge >= 0.3 is 0 Å². The molecule has 2 nitrogen and oxygen atoms in total. The van der Waals surface area contributed by atoms with E-state index < -0.39 is 0 Å². The Balaban J connectivity index is 2.56. The predicted molar refractivity (Wildman–Crippen MR) is 95.7 cm³/mol. The van der Waals surface area contributed by atoms with Gasteiger partial charge in [0.15, 0.2) is 0 Å². The highest BCUT2D eigenvalue weighted by Gasteiger charge is 2.16. The van der Waals surface area contributed by atoms with Gasteiger partial charge in [0, 0.05) is 18.0 Å². The zero-order valence-electron chi connectivity index (χ0n) is 14.9. The van der Waals surface area contributed by atoms with Crippen LogP contribution in [-0.4, -0.2) is 12.1 Å². The fourth-order valence-electron chi connectivity index (χ4n) is 3.15. The smallest absolute Gasteiger partial charge is 0.125 e. The second-order valence-electron chi connectivity index (χ2n) is 6.37. The topological polar surface area (TPSA) is 22.1 Å². The molecule has 1 atom stereocenters. The molecule has 0 radical (unpaired) electrons. The number of hydrogen-bond acceptors (Lipinski definition) is 2. The van der Waals surface area contributed by atoms with Crippen molar-refractivity contribution in [3.8, 4) is 5.75 Å². The van der Waals surface area contributed by atoms with Crippen LogP contribution in [0.15, 0.2) is 18.5 Å². The van der Waals surface area contributed by atoms with Crippen molar-refractivity contribution in [2.45, 2.75) is 90.4 Å². The lowest BCUT2D eigenvalue weighted by Gasteiger charge is -2.19. The monoisotopic (exact) mass is 305 g/mol. The van der Waals surface area contributed by atoms with Crippen LogP contribution in [-0.2, 0) is 0 Å².